The van der Waals surface area contributed by atoms with Crippen LogP contribution in [0.1, 0.15) is 36.8 Å². The average Bonchev–Trinajstić information content (AvgIpc) is 2.58. The number of rotatable bonds is 1. The van der Waals surface area contributed by atoms with E-state index in [1.165, 1.54) is 12.8 Å². The Morgan fingerprint density at radius 3 is 2.64 bits per heavy atom. The van der Waals surface area contributed by atoms with Crippen LogP contribution in [0.15, 0.2) is 12.3 Å². The van der Waals surface area contributed by atoms with Gasteiger partial charge in [-0.15, -0.1) is 0 Å². The molecule has 1 aromatic rings. The van der Waals surface area contributed by atoms with Crippen molar-refractivity contribution < 1.29 is 0 Å². The van der Waals surface area contributed by atoms with Crippen LogP contribution in [0, 0.1) is 6.92 Å². The molecule has 3 heteroatoms. The first-order valence-electron chi connectivity index (χ1n) is 5.03. The first kappa shape index (κ1) is 9.94. The van der Waals surface area contributed by atoms with E-state index in [0.717, 1.165) is 24.0 Å². The highest BCUT2D eigenvalue weighted by atomic mass is 35.5. The molecule has 1 aliphatic rings. The summed E-state index contributed by atoms with van der Waals surface area (Å²) in [5, 5.41) is 0.579. The zero-order chi connectivity index (χ0) is 10.2. The van der Waals surface area contributed by atoms with Crippen LogP contribution in [-0.2, 0) is 5.54 Å². The molecule has 2 rings (SSSR count). The second-order valence-corrected chi connectivity index (χ2v) is 4.55. The third-order valence-electron chi connectivity index (χ3n) is 3.09. The minimum atomic E-state index is -0.150. The monoisotopic (exact) mass is 210 g/mol. The van der Waals surface area contributed by atoms with Gasteiger partial charge in [-0.05, 0) is 37.0 Å². The molecule has 0 unspecified atom stereocenters. The van der Waals surface area contributed by atoms with E-state index in [9.17, 15) is 0 Å². The maximum atomic E-state index is 6.32. The predicted octanol–water partition coefficient (Wildman–Crippen LogP) is 2.77. The van der Waals surface area contributed by atoms with Gasteiger partial charge in [-0.3, -0.25) is 0 Å². The van der Waals surface area contributed by atoms with Gasteiger partial charge in [0, 0.05) is 11.7 Å². The van der Waals surface area contributed by atoms with E-state index in [2.05, 4.69) is 11.1 Å². The van der Waals surface area contributed by atoms with Crippen molar-refractivity contribution in [2.75, 3.05) is 0 Å². The van der Waals surface area contributed by atoms with Crippen molar-refractivity contribution in [1.82, 2.24) is 4.98 Å². The predicted molar refractivity (Wildman–Crippen MR) is 58.3 cm³/mol. The molecule has 1 fully saturated rings. The lowest BCUT2D eigenvalue weighted by Crippen LogP contribution is -2.33. The van der Waals surface area contributed by atoms with Crippen LogP contribution in [0.25, 0.3) is 0 Å². The van der Waals surface area contributed by atoms with E-state index in [4.69, 9.17) is 17.3 Å². The van der Waals surface area contributed by atoms with E-state index in [1.54, 1.807) is 0 Å². The zero-order valence-corrected chi connectivity index (χ0v) is 9.14. The molecule has 0 amide bonds. The van der Waals surface area contributed by atoms with Crippen LogP contribution in [0.2, 0.25) is 5.15 Å². The normalized spacial score (nSPS) is 19.9. The van der Waals surface area contributed by atoms with Gasteiger partial charge in [-0.2, -0.15) is 0 Å². The van der Waals surface area contributed by atoms with E-state index in [1.807, 2.05) is 13.1 Å². The second kappa shape index (κ2) is 3.52. The van der Waals surface area contributed by atoms with Gasteiger partial charge in [0.25, 0.3) is 0 Å². The Balaban J connectivity index is 2.36. The van der Waals surface area contributed by atoms with Gasteiger partial charge in [0.1, 0.15) is 5.15 Å². The number of hydrogen-bond donors (Lipinski definition) is 1. The van der Waals surface area contributed by atoms with Gasteiger partial charge in [-0.25, -0.2) is 4.98 Å². The van der Waals surface area contributed by atoms with Crippen LogP contribution >= 0.6 is 11.6 Å². The Labute approximate surface area is 89.5 Å². The smallest absolute Gasteiger partial charge is 0.131 e. The molecule has 0 aromatic carbocycles. The largest absolute Gasteiger partial charge is 0.321 e. The highest BCUT2D eigenvalue weighted by Crippen LogP contribution is 2.36. The summed E-state index contributed by atoms with van der Waals surface area (Å²) in [5.41, 5.74) is 8.32. The third-order valence-corrected chi connectivity index (χ3v) is 3.48. The van der Waals surface area contributed by atoms with Crippen molar-refractivity contribution in [2.24, 2.45) is 5.73 Å². The third kappa shape index (κ3) is 1.64. The van der Waals surface area contributed by atoms with Crippen LogP contribution < -0.4 is 5.73 Å². The van der Waals surface area contributed by atoms with Gasteiger partial charge < -0.3 is 5.73 Å². The molecular weight excluding hydrogens is 196 g/mol. The van der Waals surface area contributed by atoms with Crippen molar-refractivity contribution in [3.63, 3.8) is 0 Å². The molecule has 1 saturated carbocycles. The summed E-state index contributed by atoms with van der Waals surface area (Å²) in [6, 6.07) is 2.07. The van der Waals surface area contributed by atoms with E-state index in [-0.39, 0.29) is 5.54 Å². The molecule has 0 aliphatic heterocycles. The summed E-state index contributed by atoms with van der Waals surface area (Å²) < 4.78 is 0. The molecule has 2 N–H and O–H groups in total. The number of pyridine rings is 1. The van der Waals surface area contributed by atoms with Crippen LogP contribution in [-0.4, -0.2) is 4.98 Å². The number of aryl methyl sites for hydroxylation is 1. The lowest BCUT2D eigenvalue weighted by atomic mass is 9.90. The van der Waals surface area contributed by atoms with Crippen molar-refractivity contribution in [3.8, 4) is 0 Å². The van der Waals surface area contributed by atoms with Gasteiger partial charge in [0.15, 0.2) is 0 Å². The lowest BCUT2D eigenvalue weighted by molar-refractivity contribution is 0.460. The van der Waals surface area contributed by atoms with Gasteiger partial charge in [0.2, 0.25) is 0 Å². The molecule has 0 radical (unpaired) electrons. The lowest BCUT2D eigenvalue weighted by Gasteiger charge is -2.24. The van der Waals surface area contributed by atoms with Crippen LogP contribution in [0.5, 0.6) is 0 Å². The minimum absolute atomic E-state index is 0.150. The fraction of sp³-hybridized carbons (Fsp3) is 0.545. The fourth-order valence-electron chi connectivity index (χ4n) is 2.12. The van der Waals surface area contributed by atoms with E-state index in [0.29, 0.717) is 5.15 Å². The Morgan fingerprint density at radius 1 is 1.43 bits per heavy atom. The quantitative estimate of drug-likeness (QED) is 0.724. The van der Waals surface area contributed by atoms with E-state index < -0.39 is 0 Å². The van der Waals surface area contributed by atoms with E-state index >= 15 is 0 Å². The highest BCUT2D eigenvalue weighted by Gasteiger charge is 2.31. The second-order valence-electron chi connectivity index (χ2n) is 4.19. The molecular formula is C11H15ClN2. The fourth-order valence-corrected chi connectivity index (χ4v) is 2.23. The molecule has 0 bridgehead atoms. The molecule has 0 atom stereocenters. The number of halogens is 1. The summed E-state index contributed by atoms with van der Waals surface area (Å²) in [4.78, 5) is 4.15. The summed E-state index contributed by atoms with van der Waals surface area (Å²) in [5.74, 6) is 0. The van der Waals surface area contributed by atoms with Crippen molar-refractivity contribution in [1.29, 1.82) is 0 Å². The summed E-state index contributed by atoms with van der Waals surface area (Å²) in [6.45, 7) is 1.97. The molecule has 2 nitrogen and oxygen atoms in total. The zero-order valence-electron chi connectivity index (χ0n) is 8.39. The van der Waals surface area contributed by atoms with Gasteiger partial charge >= 0.3 is 0 Å². The maximum absolute atomic E-state index is 6.32. The first-order chi connectivity index (χ1) is 6.62. The van der Waals surface area contributed by atoms with Gasteiger partial charge in [-0.1, -0.05) is 24.4 Å². The SMILES string of the molecule is Cc1cc(C2(N)CCCC2)cnc1Cl. The molecule has 0 saturated heterocycles. The van der Waals surface area contributed by atoms with Crippen molar-refractivity contribution >= 4 is 11.6 Å². The maximum Gasteiger partial charge on any atom is 0.131 e. The molecule has 1 aliphatic carbocycles. The highest BCUT2D eigenvalue weighted by molar-refractivity contribution is 6.30. The Kier molecular flexibility index (Phi) is 2.50. The summed E-state index contributed by atoms with van der Waals surface area (Å²) in [6.07, 6.45) is 6.39. The first-order valence-corrected chi connectivity index (χ1v) is 5.41. The molecule has 14 heavy (non-hydrogen) atoms. The van der Waals surface area contributed by atoms with Crippen molar-refractivity contribution in [2.45, 2.75) is 38.1 Å². The number of hydrogen-bond acceptors (Lipinski definition) is 2. The van der Waals surface area contributed by atoms with Crippen molar-refractivity contribution in [3.05, 3.63) is 28.5 Å². The standard InChI is InChI=1S/C11H15ClN2/c1-8-6-9(7-14-10(8)12)11(13)4-2-3-5-11/h6-7H,2-5,13H2,1H3. The Bertz CT molecular complexity index is 343. The topological polar surface area (TPSA) is 38.9 Å². The molecule has 1 aromatic heterocycles. The van der Waals surface area contributed by atoms with Gasteiger partial charge in [0.05, 0.1) is 0 Å². The Morgan fingerprint density at radius 2 is 2.07 bits per heavy atom. The number of nitrogens with zero attached hydrogens (tertiary/aromatic N) is 1. The van der Waals surface area contributed by atoms with Crippen LogP contribution in [0.3, 0.4) is 0 Å². The summed E-state index contributed by atoms with van der Waals surface area (Å²) >= 11 is 5.88. The molecule has 1 heterocycles. The van der Waals surface area contributed by atoms with Crippen LogP contribution in [0.4, 0.5) is 0 Å². The number of nitrogens with two attached hydrogens (primary N) is 1. The Hall–Kier alpha value is -0.600. The summed E-state index contributed by atoms with van der Waals surface area (Å²) in [7, 11) is 0. The minimum Gasteiger partial charge on any atom is -0.321 e. The molecule has 0 spiro atoms. The molecule has 76 valence electrons. The number of aromatic nitrogens is 1. The average molecular weight is 211 g/mol.